The van der Waals surface area contributed by atoms with Crippen LogP contribution in [-0.2, 0) is 4.79 Å². The van der Waals surface area contributed by atoms with Crippen LogP contribution in [0.4, 0.5) is 0 Å². The third kappa shape index (κ3) is 1.99. The number of carbonyl (C=O) groups is 1. The van der Waals surface area contributed by atoms with Gasteiger partial charge in [0, 0.05) is 16.8 Å². The molecule has 2 aliphatic heterocycles. The molecule has 0 saturated carbocycles. The third-order valence-electron chi connectivity index (χ3n) is 3.92. The number of carbonyl (C=O) groups excluding carboxylic acids is 1. The smallest absolute Gasteiger partial charge is 0.188 e. The minimum absolute atomic E-state index is 0.0949. The summed E-state index contributed by atoms with van der Waals surface area (Å²) in [5.41, 5.74) is 0.336. The number of Topliss-reactive ketones (excluding diaryl/α,β-unsaturated/α-hetero) is 1. The van der Waals surface area contributed by atoms with Crippen LogP contribution in [0.1, 0.15) is 31.7 Å². The standard InChI is InChI=1S/C14H14BrNO2S/c1-7(17)13-10-6-12(19)16-14(13,2)18-11-4-3-8(15)5-9(10)11/h3-5,10,13H,6H2,1-2H3,(H,16,19)/t10-,13+,14+/m1/s1. The van der Waals surface area contributed by atoms with E-state index in [2.05, 4.69) is 21.2 Å². The summed E-state index contributed by atoms with van der Waals surface area (Å²) in [6.45, 7) is 3.53. The summed E-state index contributed by atoms with van der Waals surface area (Å²) in [7, 11) is 0. The molecule has 1 aromatic carbocycles. The van der Waals surface area contributed by atoms with Crippen LogP contribution < -0.4 is 10.1 Å². The van der Waals surface area contributed by atoms with Gasteiger partial charge in [-0.05, 0) is 37.6 Å². The molecule has 3 nitrogen and oxygen atoms in total. The van der Waals surface area contributed by atoms with E-state index in [0.29, 0.717) is 6.42 Å². The Balaban J connectivity index is 2.18. The lowest BCUT2D eigenvalue weighted by Gasteiger charge is -2.50. The lowest BCUT2D eigenvalue weighted by atomic mass is 9.71. The predicted octanol–water partition coefficient (Wildman–Crippen LogP) is 3.17. The van der Waals surface area contributed by atoms with E-state index in [4.69, 9.17) is 17.0 Å². The highest BCUT2D eigenvalue weighted by atomic mass is 79.9. The van der Waals surface area contributed by atoms with Crippen LogP contribution >= 0.6 is 28.1 Å². The molecule has 0 amide bonds. The topological polar surface area (TPSA) is 38.3 Å². The molecular formula is C14H14BrNO2S. The van der Waals surface area contributed by atoms with Gasteiger partial charge in [0.1, 0.15) is 11.5 Å². The molecule has 100 valence electrons. The zero-order chi connectivity index (χ0) is 13.8. The highest BCUT2D eigenvalue weighted by molar-refractivity contribution is 9.10. The number of rotatable bonds is 1. The van der Waals surface area contributed by atoms with Gasteiger partial charge in [0.25, 0.3) is 0 Å². The van der Waals surface area contributed by atoms with E-state index < -0.39 is 5.72 Å². The molecule has 0 unspecified atom stereocenters. The molecule has 0 radical (unpaired) electrons. The molecule has 3 atom stereocenters. The molecule has 0 spiro atoms. The Bertz CT molecular complexity index is 589. The Morgan fingerprint density at radius 1 is 1.58 bits per heavy atom. The van der Waals surface area contributed by atoms with E-state index >= 15 is 0 Å². The maximum absolute atomic E-state index is 12.0. The highest BCUT2D eigenvalue weighted by Gasteiger charge is 2.53. The second kappa shape index (κ2) is 4.28. The van der Waals surface area contributed by atoms with E-state index in [1.165, 1.54) is 0 Å². The van der Waals surface area contributed by atoms with Crippen molar-refractivity contribution >= 4 is 38.9 Å². The third-order valence-corrected chi connectivity index (χ3v) is 4.68. The van der Waals surface area contributed by atoms with Crippen molar-refractivity contribution in [2.75, 3.05) is 0 Å². The monoisotopic (exact) mass is 339 g/mol. The molecular weight excluding hydrogens is 326 g/mol. The average molecular weight is 340 g/mol. The van der Waals surface area contributed by atoms with Gasteiger partial charge < -0.3 is 10.1 Å². The summed E-state index contributed by atoms with van der Waals surface area (Å²) in [6.07, 6.45) is 0.696. The van der Waals surface area contributed by atoms with Crippen LogP contribution in [0.25, 0.3) is 0 Å². The fraction of sp³-hybridized carbons (Fsp3) is 0.429. The van der Waals surface area contributed by atoms with Crippen molar-refractivity contribution in [2.24, 2.45) is 5.92 Å². The number of nitrogens with one attached hydrogen (secondary N) is 1. The van der Waals surface area contributed by atoms with E-state index in [9.17, 15) is 4.79 Å². The Labute approximate surface area is 125 Å². The number of ether oxygens (including phenoxy) is 1. The van der Waals surface area contributed by atoms with Gasteiger partial charge in [-0.2, -0.15) is 0 Å². The Hall–Kier alpha value is -0.940. The Kier molecular flexibility index (Phi) is 2.94. The number of piperidine rings is 1. The van der Waals surface area contributed by atoms with E-state index in [1.807, 2.05) is 25.1 Å². The SMILES string of the molecule is CC(=O)[C@H]1[C@@H]2CC(=S)N[C@@]1(C)Oc1ccc(Br)cc12. The van der Waals surface area contributed by atoms with Crippen LogP contribution in [0.2, 0.25) is 0 Å². The van der Waals surface area contributed by atoms with Gasteiger partial charge in [0.2, 0.25) is 0 Å². The van der Waals surface area contributed by atoms with E-state index in [1.54, 1.807) is 6.92 Å². The minimum Gasteiger partial charge on any atom is -0.467 e. The lowest BCUT2D eigenvalue weighted by Crippen LogP contribution is -2.64. The fourth-order valence-electron chi connectivity index (χ4n) is 3.29. The largest absolute Gasteiger partial charge is 0.467 e. The number of thiocarbonyl (C=S) groups is 1. The van der Waals surface area contributed by atoms with Crippen LogP contribution in [0, 0.1) is 5.92 Å². The number of fused-ring (bicyclic) bond motifs is 4. The molecule has 19 heavy (non-hydrogen) atoms. The van der Waals surface area contributed by atoms with Gasteiger partial charge in [0.15, 0.2) is 5.72 Å². The van der Waals surface area contributed by atoms with Gasteiger partial charge in [-0.1, -0.05) is 28.1 Å². The van der Waals surface area contributed by atoms with Crippen LogP contribution in [0.15, 0.2) is 22.7 Å². The molecule has 5 heteroatoms. The van der Waals surface area contributed by atoms with Crippen molar-refractivity contribution < 1.29 is 9.53 Å². The summed E-state index contributed by atoms with van der Waals surface area (Å²) in [6, 6.07) is 5.92. The summed E-state index contributed by atoms with van der Waals surface area (Å²) in [4.78, 5) is 12.8. The quantitative estimate of drug-likeness (QED) is 0.797. The zero-order valence-electron chi connectivity index (χ0n) is 10.7. The van der Waals surface area contributed by atoms with Crippen molar-refractivity contribution in [1.29, 1.82) is 0 Å². The van der Waals surface area contributed by atoms with Crippen molar-refractivity contribution in [2.45, 2.75) is 31.9 Å². The molecule has 1 aromatic rings. The number of ketones is 1. The molecule has 2 heterocycles. The molecule has 0 aromatic heterocycles. The molecule has 0 aliphatic carbocycles. The maximum Gasteiger partial charge on any atom is 0.188 e. The molecule has 3 rings (SSSR count). The number of halogens is 1. The minimum atomic E-state index is -0.730. The van der Waals surface area contributed by atoms with Gasteiger partial charge in [0.05, 0.1) is 10.9 Å². The summed E-state index contributed by atoms with van der Waals surface area (Å²) in [5, 5.41) is 3.19. The molecule has 2 bridgehead atoms. The second-order valence-electron chi connectivity index (χ2n) is 5.34. The van der Waals surface area contributed by atoms with Gasteiger partial charge in [-0.3, -0.25) is 4.79 Å². The predicted molar refractivity (Wildman–Crippen MR) is 80.4 cm³/mol. The highest BCUT2D eigenvalue weighted by Crippen LogP contribution is 2.49. The van der Waals surface area contributed by atoms with E-state index in [0.717, 1.165) is 20.8 Å². The Morgan fingerprint density at radius 2 is 2.32 bits per heavy atom. The van der Waals surface area contributed by atoms with Crippen molar-refractivity contribution in [1.82, 2.24) is 5.32 Å². The van der Waals surface area contributed by atoms with Gasteiger partial charge in [-0.15, -0.1) is 0 Å². The summed E-state index contributed by atoms with van der Waals surface area (Å²) >= 11 is 8.80. The van der Waals surface area contributed by atoms with Gasteiger partial charge >= 0.3 is 0 Å². The number of benzene rings is 1. The van der Waals surface area contributed by atoms with Crippen molar-refractivity contribution in [3.8, 4) is 5.75 Å². The second-order valence-corrected chi connectivity index (χ2v) is 6.75. The van der Waals surface area contributed by atoms with Gasteiger partial charge in [-0.25, -0.2) is 0 Å². The zero-order valence-corrected chi connectivity index (χ0v) is 13.1. The number of hydrogen-bond acceptors (Lipinski definition) is 3. The molecule has 1 N–H and O–H groups in total. The Morgan fingerprint density at radius 3 is 3.00 bits per heavy atom. The molecule has 1 saturated heterocycles. The van der Waals surface area contributed by atoms with Crippen molar-refractivity contribution in [3.63, 3.8) is 0 Å². The van der Waals surface area contributed by atoms with Crippen molar-refractivity contribution in [3.05, 3.63) is 28.2 Å². The first-order chi connectivity index (χ1) is 8.90. The molecule has 2 aliphatic rings. The summed E-state index contributed by atoms with van der Waals surface area (Å²) < 4.78 is 7.04. The first-order valence-electron chi connectivity index (χ1n) is 6.20. The normalized spacial score (nSPS) is 32.1. The average Bonchev–Trinajstić information content (AvgIpc) is 2.28. The van der Waals surface area contributed by atoms with Crippen LogP contribution in [0.3, 0.4) is 0 Å². The maximum atomic E-state index is 12.0. The van der Waals surface area contributed by atoms with Crippen LogP contribution in [-0.4, -0.2) is 16.5 Å². The van der Waals surface area contributed by atoms with Crippen LogP contribution in [0.5, 0.6) is 5.75 Å². The molecule has 1 fully saturated rings. The lowest BCUT2D eigenvalue weighted by molar-refractivity contribution is -0.132. The first-order valence-corrected chi connectivity index (χ1v) is 7.41. The van der Waals surface area contributed by atoms with E-state index in [-0.39, 0.29) is 17.6 Å². The summed E-state index contributed by atoms with van der Waals surface area (Å²) in [5.74, 6) is 0.856. The first kappa shape index (κ1) is 13.1. The number of hydrogen-bond donors (Lipinski definition) is 1. The fourth-order valence-corrected chi connectivity index (χ4v) is 4.05.